The van der Waals surface area contributed by atoms with Gasteiger partial charge in [0.1, 0.15) is 36.8 Å². The molecule has 0 aromatic carbocycles. The summed E-state index contributed by atoms with van der Waals surface area (Å²) in [6.07, 6.45) is 0.523. The van der Waals surface area contributed by atoms with E-state index in [9.17, 15) is 34.2 Å². The molecule has 3 rings (SSSR count). The molecule has 0 saturated carbocycles. The number of epoxide rings is 1. The van der Waals surface area contributed by atoms with Crippen LogP contribution in [-0.4, -0.2) is 89.9 Å². The Morgan fingerprint density at radius 2 is 1.71 bits per heavy atom. The van der Waals surface area contributed by atoms with E-state index in [-0.39, 0.29) is 34.7 Å². The summed E-state index contributed by atoms with van der Waals surface area (Å²) in [7, 11) is 0. The summed E-state index contributed by atoms with van der Waals surface area (Å²) in [5.41, 5.74) is -1.49. The number of aliphatic hydroxyl groups excluding tert-OH is 1. The first kappa shape index (κ1) is 32.4. The maximum absolute atomic E-state index is 13.1. The zero-order chi connectivity index (χ0) is 31.4. The fraction of sp³-hybridized carbons (Fsp3) is 0.483. The van der Waals surface area contributed by atoms with Gasteiger partial charge in [0.15, 0.2) is 12.2 Å². The SMILES string of the molecule is CC=C(C)C(=O)OC1C2=C(COC(C)=O)C(=O)OC2=CC(C)(O)C2OC2C=C(COC(=O)C=C(C)CO)C1OC(C)=O. The summed E-state index contributed by atoms with van der Waals surface area (Å²) in [5.74, 6) is -4.38. The highest BCUT2D eigenvalue weighted by Gasteiger charge is 2.53. The maximum atomic E-state index is 13.1. The van der Waals surface area contributed by atoms with Crippen molar-refractivity contribution in [1.29, 1.82) is 0 Å². The molecule has 42 heavy (non-hydrogen) atoms. The predicted molar refractivity (Wildman–Crippen MR) is 142 cm³/mol. The average Bonchev–Trinajstić information content (AvgIpc) is 3.63. The van der Waals surface area contributed by atoms with Crippen molar-refractivity contribution in [3.8, 4) is 0 Å². The van der Waals surface area contributed by atoms with E-state index in [0.29, 0.717) is 5.57 Å². The minimum Gasteiger partial charge on any atom is -0.461 e. The third-order valence-electron chi connectivity index (χ3n) is 6.56. The zero-order valence-electron chi connectivity index (χ0n) is 24.1. The maximum Gasteiger partial charge on any atom is 0.343 e. The molecule has 3 aliphatic rings. The normalized spacial score (nSPS) is 27.5. The summed E-state index contributed by atoms with van der Waals surface area (Å²) in [6, 6.07) is 0. The molecular weight excluding hydrogens is 556 g/mol. The van der Waals surface area contributed by atoms with Gasteiger partial charge in [0.2, 0.25) is 0 Å². The first-order valence-corrected chi connectivity index (χ1v) is 13.0. The molecule has 2 aliphatic heterocycles. The Hall–Kier alpha value is -4.07. The molecule has 0 spiro atoms. The molecular formula is C29H34O13. The highest BCUT2D eigenvalue weighted by molar-refractivity contribution is 5.96. The standard InChI is InChI=1S/C29H34O13/c1-7-15(3)27(34)42-25-23-19(13-37-16(4)31)28(35)41-21(23)10-29(6,36)26-20(40-26)9-18(24(25)39-17(5)32)12-38-22(33)8-14(2)11-30/h7-10,20,24-26,30,36H,11-13H2,1-6H3. The Balaban J connectivity index is 2.26. The van der Waals surface area contributed by atoms with Crippen LogP contribution in [0.5, 0.6) is 0 Å². The highest BCUT2D eigenvalue weighted by Crippen LogP contribution is 2.42. The smallest absolute Gasteiger partial charge is 0.343 e. The lowest BCUT2D eigenvalue weighted by atomic mass is 9.88. The van der Waals surface area contributed by atoms with E-state index in [4.69, 9.17) is 28.4 Å². The molecule has 1 fully saturated rings. The summed E-state index contributed by atoms with van der Waals surface area (Å²) >= 11 is 0. The van der Waals surface area contributed by atoms with Crippen LogP contribution in [0.2, 0.25) is 0 Å². The van der Waals surface area contributed by atoms with Crippen LogP contribution in [0.15, 0.2) is 57.9 Å². The Kier molecular flexibility index (Phi) is 10.3. The van der Waals surface area contributed by atoms with Gasteiger partial charge in [-0.1, -0.05) is 6.08 Å². The van der Waals surface area contributed by atoms with Crippen molar-refractivity contribution in [2.75, 3.05) is 19.8 Å². The molecule has 0 bridgehead atoms. The second-order valence-corrected chi connectivity index (χ2v) is 10.1. The van der Waals surface area contributed by atoms with Crippen LogP contribution in [0.1, 0.15) is 41.5 Å². The number of fused-ring (bicyclic) bond motifs is 2. The molecule has 0 amide bonds. The number of rotatable bonds is 9. The summed E-state index contributed by atoms with van der Waals surface area (Å²) in [5, 5.41) is 20.5. The van der Waals surface area contributed by atoms with E-state index in [1.54, 1.807) is 6.92 Å². The molecule has 2 heterocycles. The largest absolute Gasteiger partial charge is 0.461 e. The fourth-order valence-corrected chi connectivity index (χ4v) is 4.26. The lowest BCUT2D eigenvalue weighted by Gasteiger charge is -2.31. The average molecular weight is 591 g/mol. The Bertz CT molecular complexity index is 1310. The number of allylic oxidation sites excluding steroid dienone is 1. The van der Waals surface area contributed by atoms with Gasteiger partial charge < -0.3 is 38.6 Å². The summed E-state index contributed by atoms with van der Waals surface area (Å²) in [4.78, 5) is 62.6. The number of hydrogen-bond acceptors (Lipinski definition) is 13. The van der Waals surface area contributed by atoms with Crippen LogP contribution in [0.25, 0.3) is 0 Å². The minimum atomic E-state index is -1.72. The van der Waals surface area contributed by atoms with E-state index in [1.165, 1.54) is 39.0 Å². The molecule has 0 radical (unpaired) electrons. The third-order valence-corrected chi connectivity index (χ3v) is 6.56. The number of aliphatic hydroxyl groups is 2. The number of ether oxygens (including phenoxy) is 6. The van der Waals surface area contributed by atoms with E-state index in [1.807, 2.05) is 0 Å². The van der Waals surface area contributed by atoms with Crippen molar-refractivity contribution in [2.45, 2.75) is 71.6 Å². The molecule has 13 heteroatoms. The van der Waals surface area contributed by atoms with Crippen molar-refractivity contribution in [1.82, 2.24) is 0 Å². The third kappa shape index (κ3) is 7.81. The van der Waals surface area contributed by atoms with Gasteiger partial charge in [-0.15, -0.1) is 0 Å². The van der Waals surface area contributed by atoms with Gasteiger partial charge in [-0.25, -0.2) is 14.4 Å². The van der Waals surface area contributed by atoms with E-state index >= 15 is 0 Å². The minimum absolute atomic E-state index is 0.0905. The van der Waals surface area contributed by atoms with Gasteiger partial charge in [-0.05, 0) is 45.4 Å². The van der Waals surface area contributed by atoms with E-state index in [0.717, 1.165) is 19.9 Å². The van der Waals surface area contributed by atoms with Crippen LogP contribution < -0.4 is 0 Å². The molecule has 0 aromatic rings. The molecule has 0 aromatic heterocycles. The molecule has 5 unspecified atom stereocenters. The van der Waals surface area contributed by atoms with Gasteiger partial charge in [-0.2, -0.15) is 0 Å². The van der Waals surface area contributed by atoms with Crippen molar-refractivity contribution in [2.24, 2.45) is 0 Å². The molecule has 13 nitrogen and oxygen atoms in total. The van der Waals surface area contributed by atoms with Crippen molar-refractivity contribution in [3.63, 3.8) is 0 Å². The molecule has 228 valence electrons. The number of carbonyl (C=O) groups is 5. The number of carbonyl (C=O) groups excluding carboxylic acids is 5. The van der Waals surface area contributed by atoms with Crippen molar-refractivity contribution in [3.05, 3.63) is 57.9 Å². The van der Waals surface area contributed by atoms with Crippen LogP contribution in [0, 0.1) is 0 Å². The first-order chi connectivity index (χ1) is 19.7. The predicted octanol–water partition coefficient (Wildman–Crippen LogP) is 1.04. The van der Waals surface area contributed by atoms with Gasteiger partial charge in [0.05, 0.1) is 17.8 Å². The van der Waals surface area contributed by atoms with Gasteiger partial charge in [0.25, 0.3) is 0 Å². The lowest BCUT2D eigenvalue weighted by Crippen LogP contribution is -2.41. The van der Waals surface area contributed by atoms with Crippen LogP contribution in [0.3, 0.4) is 0 Å². The van der Waals surface area contributed by atoms with Gasteiger partial charge in [-0.3, -0.25) is 9.59 Å². The quantitative estimate of drug-likeness (QED) is 0.128. The van der Waals surface area contributed by atoms with Gasteiger partial charge >= 0.3 is 29.8 Å². The van der Waals surface area contributed by atoms with Crippen LogP contribution in [-0.2, 0) is 52.4 Å². The summed E-state index contributed by atoms with van der Waals surface area (Å²) in [6.45, 7) is 6.75. The highest BCUT2D eigenvalue weighted by atomic mass is 16.6. The lowest BCUT2D eigenvalue weighted by molar-refractivity contribution is -0.159. The second-order valence-electron chi connectivity index (χ2n) is 10.1. The van der Waals surface area contributed by atoms with Crippen molar-refractivity contribution < 1.29 is 62.6 Å². The number of hydrogen-bond donors (Lipinski definition) is 2. The van der Waals surface area contributed by atoms with Crippen molar-refractivity contribution >= 4 is 29.8 Å². The monoisotopic (exact) mass is 590 g/mol. The zero-order valence-corrected chi connectivity index (χ0v) is 24.1. The molecule has 5 atom stereocenters. The first-order valence-electron chi connectivity index (χ1n) is 13.0. The molecule has 1 saturated heterocycles. The fourth-order valence-electron chi connectivity index (χ4n) is 4.26. The Morgan fingerprint density at radius 3 is 2.31 bits per heavy atom. The number of esters is 5. The second kappa shape index (κ2) is 13.3. The van der Waals surface area contributed by atoms with E-state index in [2.05, 4.69) is 0 Å². The van der Waals surface area contributed by atoms with Crippen LogP contribution in [0.4, 0.5) is 0 Å². The molecule has 2 N–H and O–H groups in total. The molecule has 1 aliphatic carbocycles. The Morgan fingerprint density at radius 1 is 1.02 bits per heavy atom. The van der Waals surface area contributed by atoms with Gasteiger partial charge in [0, 0.05) is 31.1 Å². The van der Waals surface area contributed by atoms with Crippen LogP contribution >= 0.6 is 0 Å². The topological polar surface area (TPSA) is 184 Å². The summed E-state index contributed by atoms with van der Waals surface area (Å²) < 4.78 is 33.0. The van der Waals surface area contributed by atoms with E-state index < -0.39 is 73.1 Å². The Labute approximate surface area is 242 Å².